The third-order valence-electron chi connectivity index (χ3n) is 5.80. The molecule has 0 radical (unpaired) electrons. The number of pyridine rings is 1. The molecule has 2 aromatic heterocycles. The summed E-state index contributed by atoms with van der Waals surface area (Å²) in [6.45, 7) is 5.69. The summed E-state index contributed by atoms with van der Waals surface area (Å²) in [6, 6.07) is 1.35. The van der Waals surface area contributed by atoms with E-state index in [4.69, 9.17) is 4.74 Å². The highest BCUT2D eigenvalue weighted by molar-refractivity contribution is 7.99. The smallest absolute Gasteiger partial charge is 0.381 e. The van der Waals surface area contributed by atoms with Crippen molar-refractivity contribution in [2.45, 2.75) is 35.9 Å². The minimum atomic E-state index is -4.45. The Bertz CT molecular complexity index is 823. The van der Waals surface area contributed by atoms with Gasteiger partial charge in [0.1, 0.15) is 10.8 Å². The summed E-state index contributed by atoms with van der Waals surface area (Å²) >= 11 is 0.943. The van der Waals surface area contributed by atoms with Crippen molar-refractivity contribution in [1.29, 1.82) is 0 Å². The minimum absolute atomic E-state index is 0.0692. The molecule has 4 heterocycles. The predicted octanol–water partition coefficient (Wildman–Crippen LogP) is 4.29. The molecule has 0 aromatic carbocycles. The van der Waals surface area contributed by atoms with Crippen molar-refractivity contribution in [1.82, 2.24) is 15.0 Å². The third kappa shape index (κ3) is 3.82. The monoisotopic (exact) mass is 410 g/mol. The summed E-state index contributed by atoms with van der Waals surface area (Å²) in [6.07, 6.45) is 3.01. The van der Waals surface area contributed by atoms with Crippen LogP contribution in [0.25, 0.3) is 0 Å². The van der Waals surface area contributed by atoms with Gasteiger partial charge in [0.25, 0.3) is 0 Å². The molecule has 4 rings (SSSR count). The Morgan fingerprint density at radius 2 is 1.96 bits per heavy atom. The van der Waals surface area contributed by atoms with Crippen molar-refractivity contribution < 1.29 is 17.9 Å². The van der Waals surface area contributed by atoms with Crippen LogP contribution in [-0.2, 0) is 10.9 Å². The number of hydrogen-bond acceptors (Lipinski definition) is 6. The van der Waals surface area contributed by atoms with E-state index in [0.717, 1.165) is 62.9 Å². The average Bonchev–Trinajstić information content (AvgIpc) is 3.03. The molecule has 150 valence electrons. The number of aromatic nitrogens is 3. The van der Waals surface area contributed by atoms with E-state index in [9.17, 15) is 13.2 Å². The number of alkyl halides is 3. The fraction of sp³-hybridized carbons (Fsp3) is 0.526. The van der Waals surface area contributed by atoms with Gasteiger partial charge in [-0.2, -0.15) is 13.2 Å². The molecule has 0 amide bonds. The Labute approximate surface area is 165 Å². The van der Waals surface area contributed by atoms with Crippen LogP contribution in [0.15, 0.2) is 40.8 Å². The van der Waals surface area contributed by atoms with Crippen molar-refractivity contribution >= 4 is 17.6 Å². The first kappa shape index (κ1) is 19.4. The van der Waals surface area contributed by atoms with E-state index in [2.05, 4.69) is 26.8 Å². The molecule has 0 aliphatic carbocycles. The van der Waals surface area contributed by atoms with Gasteiger partial charge in [-0.25, -0.2) is 9.97 Å². The van der Waals surface area contributed by atoms with Crippen molar-refractivity contribution in [3.63, 3.8) is 0 Å². The minimum Gasteiger partial charge on any atom is -0.381 e. The zero-order valence-corrected chi connectivity index (χ0v) is 16.3. The van der Waals surface area contributed by atoms with Gasteiger partial charge in [0, 0.05) is 42.4 Å². The number of ether oxygens (including phenoxy) is 1. The molecule has 2 aromatic rings. The second kappa shape index (κ2) is 7.51. The first-order chi connectivity index (χ1) is 13.4. The summed E-state index contributed by atoms with van der Waals surface area (Å²) in [5, 5.41) is 0.423. The van der Waals surface area contributed by atoms with Crippen LogP contribution < -0.4 is 4.90 Å². The standard InChI is InChI=1S/C19H21F3N4OS/c1-13-11-27-12-18(13)3-6-26(7-4-18)16-9-25-17(10-24-16)28-15-2-5-23-8-14(15)19(20,21)22/h2,5,8-10,13H,3-4,6-7,11-12H2,1H3/t13-/m1/s1. The predicted molar refractivity (Wildman–Crippen MR) is 99.3 cm³/mol. The van der Waals surface area contributed by atoms with Crippen LogP contribution in [0.5, 0.6) is 0 Å². The van der Waals surface area contributed by atoms with E-state index >= 15 is 0 Å². The maximum Gasteiger partial charge on any atom is 0.418 e. The Hall–Kier alpha value is -1.87. The van der Waals surface area contributed by atoms with Gasteiger partial charge < -0.3 is 9.64 Å². The Kier molecular flexibility index (Phi) is 5.22. The number of anilines is 1. The largest absolute Gasteiger partial charge is 0.418 e. The van der Waals surface area contributed by atoms with E-state index in [1.54, 1.807) is 6.20 Å². The van der Waals surface area contributed by atoms with Gasteiger partial charge in [0.2, 0.25) is 0 Å². The van der Waals surface area contributed by atoms with E-state index in [1.165, 1.54) is 18.5 Å². The maximum atomic E-state index is 13.1. The highest BCUT2D eigenvalue weighted by Gasteiger charge is 2.43. The van der Waals surface area contributed by atoms with Crippen LogP contribution in [0.1, 0.15) is 25.3 Å². The second-order valence-electron chi connectivity index (χ2n) is 7.45. The second-order valence-corrected chi connectivity index (χ2v) is 8.51. The third-order valence-corrected chi connectivity index (χ3v) is 6.80. The highest BCUT2D eigenvalue weighted by atomic mass is 32.2. The van der Waals surface area contributed by atoms with Crippen molar-refractivity contribution in [3.8, 4) is 0 Å². The fourth-order valence-electron chi connectivity index (χ4n) is 3.90. The van der Waals surface area contributed by atoms with Crippen LogP contribution in [0, 0.1) is 11.3 Å². The topological polar surface area (TPSA) is 51.1 Å². The normalized spacial score (nSPS) is 22.0. The molecule has 0 N–H and O–H groups in total. The lowest BCUT2D eigenvalue weighted by Crippen LogP contribution is -2.43. The Morgan fingerprint density at radius 1 is 1.18 bits per heavy atom. The molecule has 0 saturated carbocycles. The van der Waals surface area contributed by atoms with Gasteiger partial charge in [-0.05, 0) is 24.8 Å². The van der Waals surface area contributed by atoms with Gasteiger partial charge >= 0.3 is 6.18 Å². The van der Waals surface area contributed by atoms with E-state index in [1.807, 2.05) is 0 Å². The van der Waals surface area contributed by atoms with Gasteiger partial charge in [-0.15, -0.1) is 0 Å². The van der Waals surface area contributed by atoms with Crippen molar-refractivity contribution in [2.75, 3.05) is 31.2 Å². The molecule has 1 spiro atoms. The van der Waals surface area contributed by atoms with Gasteiger partial charge in [0.15, 0.2) is 0 Å². The Balaban J connectivity index is 1.43. The molecule has 2 fully saturated rings. The number of nitrogens with zero attached hydrogens (tertiary/aromatic N) is 4. The number of piperidine rings is 1. The van der Waals surface area contributed by atoms with Crippen LogP contribution in [0.2, 0.25) is 0 Å². The van der Waals surface area contributed by atoms with Crippen molar-refractivity contribution in [2.24, 2.45) is 11.3 Å². The van der Waals surface area contributed by atoms with E-state index in [-0.39, 0.29) is 10.3 Å². The molecule has 2 saturated heterocycles. The fourth-order valence-corrected chi connectivity index (χ4v) is 4.74. The van der Waals surface area contributed by atoms with E-state index in [0.29, 0.717) is 10.9 Å². The summed E-state index contributed by atoms with van der Waals surface area (Å²) in [7, 11) is 0. The number of halogens is 3. The molecular weight excluding hydrogens is 389 g/mol. The molecule has 0 bridgehead atoms. The lowest BCUT2D eigenvalue weighted by molar-refractivity contribution is -0.140. The average molecular weight is 410 g/mol. The van der Waals surface area contributed by atoms with Gasteiger partial charge in [-0.3, -0.25) is 4.98 Å². The molecule has 2 aliphatic rings. The number of rotatable bonds is 3. The quantitative estimate of drug-likeness (QED) is 0.752. The maximum absolute atomic E-state index is 13.1. The van der Waals surface area contributed by atoms with Gasteiger partial charge in [0.05, 0.1) is 24.6 Å². The lowest BCUT2D eigenvalue weighted by atomic mass is 9.72. The molecule has 9 heteroatoms. The summed E-state index contributed by atoms with van der Waals surface area (Å²) in [5.74, 6) is 1.33. The molecule has 28 heavy (non-hydrogen) atoms. The SMILES string of the molecule is C[C@@H]1COCC12CCN(c1cnc(Sc3ccncc3C(F)(F)F)cn1)CC2. The Morgan fingerprint density at radius 3 is 2.57 bits per heavy atom. The zero-order chi connectivity index (χ0) is 19.8. The summed E-state index contributed by atoms with van der Waals surface area (Å²) in [5.41, 5.74) is -0.491. The van der Waals surface area contributed by atoms with Crippen LogP contribution in [-0.4, -0.2) is 41.3 Å². The zero-order valence-electron chi connectivity index (χ0n) is 15.4. The summed E-state index contributed by atoms with van der Waals surface area (Å²) < 4.78 is 45.0. The molecule has 1 atom stereocenters. The van der Waals surface area contributed by atoms with Crippen LogP contribution in [0.3, 0.4) is 0 Å². The van der Waals surface area contributed by atoms with Crippen molar-refractivity contribution in [3.05, 3.63) is 36.4 Å². The van der Waals surface area contributed by atoms with E-state index < -0.39 is 11.7 Å². The lowest BCUT2D eigenvalue weighted by Gasteiger charge is -2.41. The molecular formula is C19H21F3N4OS. The summed E-state index contributed by atoms with van der Waals surface area (Å²) in [4.78, 5) is 14.6. The van der Waals surface area contributed by atoms with Gasteiger partial charge in [-0.1, -0.05) is 18.7 Å². The molecule has 2 aliphatic heterocycles. The first-order valence-electron chi connectivity index (χ1n) is 9.21. The van der Waals surface area contributed by atoms with Crippen LogP contribution in [0.4, 0.5) is 19.0 Å². The van der Waals surface area contributed by atoms with Crippen LogP contribution >= 0.6 is 11.8 Å². The number of hydrogen-bond donors (Lipinski definition) is 0. The molecule has 0 unspecified atom stereocenters. The highest BCUT2D eigenvalue weighted by Crippen LogP contribution is 2.44. The molecule has 5 nitrogen and oxygen atoms in total. The first-order valence-corrected chi connectivity index (χ1v) is 10.0.